The lowest BCUT2D eigenvalue weighted by Gasteiger charge is -2.53. The summed E-state index contributed by atoms with van der Waals surface area (Å²) in [6.45, 7) is 1.40. The number of primary amides is 1. The highest BCUT2D eigenvalue weighted by molar-refractivity contribution is 6.24. The van der Waals surface area contributed by atoms with Gasteiger partial charge in [-0.25, -0.2) is 0 Å². The molecule has 33 heavy (non-hydrogen) atoms. The summed E-state index contributed by atoms with van der Waals surface area (Å²) in [6.07, 6.45) is -0.200. The second-order valence-electron chi connectivity index (χ2n) is 8.96. The number of hydrogen-bond acceptors (Lipinski definition) is 9. The number of aromatic hydroxyl groups is 1. The van der Waals surface area contributed by atoms with Crippen molar-refractivity contribution in [1.82, 2.24) is 4.90 Å². The number of hydrogen-bond donors (Lipinski definition) is 6. The largest absolute Gasteiger partial charge is 0.508 e. The van der Waals surface area contributed by atoms with Crippen LogP contribution >= 0.6 is 0 Å². The minimum absolute atomic E-state index is 0. The molecule has 0 unspecified atom stereocenters. The Hall–Kier alpha value is -2.44. The van der Waals surface area contributed by atoms with Crippen molar-refractivity contribution >= 4 is 46.3 Å². The van der Waals surface area contributed by atoms with E-state index in [1.165, 1.54) is 44.1 Å². The van der Waals surface area contributed by atoms with Crippen LogP contribution in [0.3, 0.4) is 0 Å². The number of nitrogens with two attached hydrogens (primary N) is 1. The maximum atomic E-state index is 13.7. The number of fused-ring (bicyclic) bond motifs is 3. The summed E-state index contributed by atoms with van der Waals surface area (Å²) in [4.78, 5) is 40.0. The highest BCUT2D eigenvalue weighted by atomic mass is 24.3. The van der Waals surface area contributed by atoms with Gasteiger partial charge >= 0.3 is 0 Å². The zero-order chi connectivity index (χ0) is 23.9. The molecule has 1 saturated carbocycles. The third kappa shape index (κ3) is 3.07. The van der Waals surface area contributed by atoms with Crippen LogP contribution in [0.15, 0.2) is 35.1 Å². The number of phenols is 1. The van der Waals surface area contributed by atoms with Crippen LogP contribution in [0.4, 0.5) is 0 Å². The first-order chi connectivity index (χ1) is 14.8. The fourth-order valence-corrected chi connectivity index (χ4v) is 5.50. The monoisotopic (exact) mass is 468 g/mol. The Balaban J connectivity index is 0.00000306. The molecule has 0 heterocycles. The van der Waals surface area contributed by atoms with Gasteiger partial charge in [-0.05, 0) is 39.1 Å². The first-order valence-electron chi connectivity index (χ1n) is 9.97. The highest BCUT2D eigenvalue weighted by Crippen LogP contribution is 2.57. The van der Waals surface area contributed by atoms with Crippen molar-refractivity contribution in [3.05, 3.63) is 46.2 Å². The van der Waals surface area contributed by atoms with Gasteiger partial charge in [0.15, 0.2) is 11.4 Å². The summed E-state index contributed by atoms with van der Waals surface area (Å²) < 4.78 is 0. The maximum absolute atomic E-state index is 13.7. The topological polar surface area (TPSA) is 182 Å². The Kier molecular flexibility index (Phi) is 5.96. The van der Waals surface area contributed by atoms with Crippen LogP contribution in [-0.2, 0) is 20.0 Å². The average molecular weight is 469 g/mol. The lowest BCUT2D eigenvalue weighted by molar-refractivity contribution is -0.159. The minimum atomic E-state index is -2.75. The van der Waals surface area contributed by atoms with E-state index in [0.29, 0.717) is 0 Å². The lowest BCUT2D eigenvalue weighted by atomic mass is 9.54. The van der Waals surface area contributed by atoms with Crippen molar-refractivity contribution in [1.29, 1.82) is 0 Å². The Morgan fingerprint density at radius 1 is 1.15 bits per heavy atom. The molecule has 5 atom stereocenters. The summed E-state index contributed by atoms with van der Waals surface area (Å²) in [5, 5.41) is 54.9. The molecule has 1 aromatic rings. The third-order valence-corrected chi connectivity index (χ3v) is 7.02. The van der Waals surface area contributed by atoms with Gasteiger partial charge < -0.3 is 31.3 Å². The zero-order valence-electron chi connectivity index (χ0n) is 18.4. The second-order valence-corrected chi connectivity index (χ2v) is 8.96. The van der Waals surface area contributed by atoms with Gasteiger partial charge in [0.25, 0.3) is 5.91 Å². The van der Waals surface area contributed by atoms with Crippen molar-refractivity contribution in [2.24, 2.45) is 17.6 Å². The molecular formula is C22H24MgN2O8. The van der Waals surface area contributed by atoms with Crippen molar-refractivity contribution in [3.8, 4) is 5.75 Å². The summed E-state index contributed by atoms with van der Waals surface area (Å²) in [5.41, 5.74) is -0.548. The first-order valence-corrected chi connectivity index (χ1v) is 9.97. The standard InChI is InChI=1S/C22H24N2O8.Mg/c1-21(31)8-5-4-6-11(25)12(8)16(26)13-9(21)7-10-15(24(2)3)17(27)14(20(23)30)19(29)22(10,32)18(13)28;/h4-6,9-10,15,25-26,29,31-32H,7H2,1-3H3,(H2,23,30);/t9-,10-,15-,21+,22-;/m0./s1. The van der Waals surface area contributed by atoms with Crippen LogP contribution in [0.25, 0.3) is 5.76 Å². The van der Waals surface area contributed by atoms with Gasteiger partial charge in [-0.2, -0.15) is 0 Å². The SMILES string of the molecule is CN(C)[C@@H]1C(=O)C(C(N)=O)=C(O)[C@@]2(O)C(=O)C3=C(O)c4c(O)cccc4[C@@](C)(O)[C@H]3C[C@@H]12.[Mg]. The molecule has 0 spiro atoms. The number of carbonyl (C=O) groups excluding carboxylic acids is 3. The van der Waals surface area contributed by atoms with Crippen molar-refractivity contribution in [2.75, 3.05) is 14.1 Å². The van der Waals surface area contributed by atoms with Crippen molar-refractivity contribution < 1.29 is 39.9 Å². The number of rotatable bonds is 2. The van der Waals surface area contributed by atoms with Gasteiger partial charge in [-0.15, -0.1) is 0 Å². The molecule has 3 aliphatic carbocycles. The molecule has 172 valence electrons. The molecule has 7 N–H and O–H groups in total. The van der Waals surface area contributed by atoms with Gasteiger partial charge in [0.05, 0.1) is 17.2 Å². The van der Waals surface area contributed by atoms with Crippen molar-refractivity contribution in [2.45, 2.75) is 30.6 Å². The number of phenolic OH excluding ortho intramolecular Hbond substituents is 1. The van der Waals surface area contributed by atoms with Gasteiger partial charge in [-0.1, -0.05) is 12.1 Å². The number of benzene rings is 1. The number of amides is 1. The van der Waals surface area contributed by atoms with Crippen molar-refractivity contribution in [3.63, 3.8) is 0 Å². The molecule has 3 aliphatic rings. The molecule has 0 aromatic heterocycles. The van der Waals surface area contributed by atoms with E-state index in [1.54, 1.807) is 0 Å². The number of aliphatic hydroxyl groups is 4. The van der Waals surface area contributed by atoms with Crippen LogP contribution in [0.1, 0.15) is 24.5 Å². The normalized spacial score (nSPS) is 33.3. The molecule has 1 aromatic carbocycles. The average Bonchev–Trinajstić information content (AvgIpc) is 2.68. The number of aliphatic hydroxyl groups excluding tert-OH is 2. The molecule has 0 saturated heterocycles. The van der Waals surface area contributed by atoms with Crippen LogP contribution in [0.2, 0.25) is 0 Å². The predicted octanol–water partition coefficient (Wildman–Crippen LogP) is -0.752. The smallest absolute Gasteiger partial charge is 0.255 e. The number of nitrogens with zero attached hydrogens (tertiary/aromatic N) is 1. The molecule has 4 rings (SSSR count). The third-order valence-electron chi connectivity index (χ3n) is 7.02. The summed E-state index contributed by atoms with van der Waals surface area (Å²) in [7, 11) is 3.01. The molecule has 0 aliphatic heterocycles. The van der Waals surface area contributed by atoms with E-state index in [0.717, 1.165) is 0 Å². The van der Waals surface area contributed by atoms with Crippen LogP contribution in [-0.4, -0.2) is 96.7 Å². The van der Waals surface area contributed by atoms with E-state index in [4.69, 9.17) is 5.73 Å². The second kappa shape index (κ2) is 7.81. The quantitative estimate of drug-likeness (QED) is 0.240. The van der Waals surface area contributed by atoms with E-state index in [9.17, 15) is 39.9 Å². The summed E-state index contributed by atoms with van der Waals surface area (Å²) >= 11 is 0. The molecule has 11 heteroatoms. The fourth-order valence-electron chi connectivity index (χ4n) is 5.50. The zero-order valence-corrected chi connectivity index (χ0v) is 19.8. The maximum Gasteiger partial charge on any atom is 0.255 e. The van der Waals surface area contributed by atoms with E-state index >= 15 is 0 Å². The van der Waals surface area contributed by atoms with E-state index in [1.807, 2.05) is 0 Å². The number of carbonyl (C=O) groups is 3. The van der Waals surface area contributed by atoms with Crippen LogP contribution < -0.4 is 5.73 Å². The van der Waals surface area contributed by atoms with Gasteiger partial charge in [0, 0.05) is 40.5 Å². The van der Waals surface area contributed by atoms with Crippen LogP contribution in [0.5, 0.6) is 5.75 Å². The number of Topliss-reactive ketones (excluding diaryl/α,β-unsaturated/α-hetero) is 2. The van der Waals surface area contributed by atoms with Gasteiger partial charge in [0.1, 0.15) is 22.8 Å². The summed E-state index contributed by atoms with van der Waals surface area (Å²) in [5.74, 6) is -7.90. The minimum Gasteiger partial charge on any atom is -0.508 e. The molecule has 10 nitrogen and oxygen atoms in total. The van der Waals surface area contributed by atoms with E-state index in [-0.39, 0.29) is 40.6 Å². The summed E-state index contributed by atoms with van der Waals surface area (Å²) in [6, 6.07) is 3.02. The van der Waals surface area contributed by atoms with Gasteiger partial charge in [0.2, 0.25) is 5.78 Å². The number of likely N-dealkylation sites (N-methyl/N-ethyl adjacent to an activating group) is 1. The van der Waals surface area contributed by atoms with E-state index in [2.05, 4.69) is 0 Å². The van der Waals surface area contributed by atoms with E-state index < -0.39 is 75.0 Å². The first kappa shape index (κ1) is 25.2. The molecule has 1 amide bonds. The fraction of sp³-hybridized carbons (Fsp3) is 0.409. The lowest BCUT2D eigenvalue weighted by Crippen LogP contribution is -2.67. The molecule has 1 fully saturated rings. The molecule has 2 radical (unpaired) electrons. The molecular weight excluding hydrogens is 445 g/mol. The van der Waals surface area contributed by atoms with Crippen LogP contribution in [0, 0.1) is 11.8 Å². The molecule has 0 bridgehead atoms. The Morgan fingerprint density at radius 2 is 1.76 bits per heavy atom. The Labute approximate surface area is 205 Å². The number of ketones is 2. The highest BCUT2D eigenvalue weighted by Gasteiger charge is 2.66. The predicted molar refractivity (Wildman–Crippen MR) is 116 cm³/mol. The Bertz CT molecular complexity index is 1160. The Morgan fingerprint density at radius 3 is 2.30 bits per heavy atom. The van der Waals surface area contributed by atoms with Gasteiger partial charge in [-0.3, -0.25) is 19.3 Å².